The highest BCUT2D eigenvalue weighted by Gasteiger charge is 2.28. The van der Waals surface area contributed by atoms with E-state index in [-0.39, 0.29) is 5.41 Å². The average molecular weight is 261 g/mol. The Hall–Kier alpha value is -1.51. The van der Waals surface area contributed by atoms with E-state index in [1.165, 1.54) is 0 Å². The third-order valence-corrected chi connectivity index (χ3v) is 3.69. The fourth-order valence-corrected chi connectivity index (χ4v) is 2.75. The lowest BCUT2D eigenvalue weighted by atomic mass is 9.86. The molecule has 0 amide bonds. The van der Waals surface area contributed by atoms with Crippen LogP contribution in [-0.2, 0) is 4.79 Å². The van der Waals surface area contributed by atoms with Gasteiger partial charge in [0.1, 0.15) is 12.0 Å². The van der Waals surface area contributed by atoms with Crippen LogP contribution in [0.1, 0.15) is 33.1 Å². The fraction of sp³-hybridized carbons (Fsp3) is 0.562. The van der Waals surface area contributed by atoms with E-state index in [1.54, 1.807) is 0 Å². The second-order valence-corrected chi connectivity index (χ2v) is 5.61. The first-order valence-corrected chi connectivity index (χ1v) is 7.11. The summed E-state index contributed by atoms with van der Waals surface area (Å²) in [5.41, 5.74) is 0.843. The van der Waals surface area contributed by atoms with E-state index < -0.39 is 0 Å². The van der Waals surface area contributed by atoms with Crippen LogP contribution < -0.4 is 9.64 Å². The van der Waals surface area contributed by atoms with Crippen molar-refractivity contribution in [1.82, 2.24) is 0 Å². The smallest absolute Gasteiger partial charge is 0.142 e. The molecule has 0 N–H and O–H groups in total. The number of ether oxygens (including phenoxy) is 1. The normalized spacial score (nSPS) is 17.9. The predicted octanol–water partition coefficient (Wildman–Crippen LogP) is 3.28. The molecule has 0 radical (unpaired) electrons. The fourth-order valence-electron chi connectivity index (χ4n) is 2.75. The number of aldehydes is 1. The van der Waals surface area contributed by atoms with Gasteiger partial charge in [0, 0.05) is 18.5 Å². The minimum absolute atomic E-state index is 0.272. The van der Waals surface area contributed by atoms with Gasteiger partial charge in [-0.1, -0.05) is 32.4 Å². The summed E-state index contributed by atoms with van der Waals surface area (Å²) in [4.78, 5) is 13.7. The van der Waals surface area contributed by atoms with E-state index in [9.17, 15) is 4.79 Å². The van der Waals surface area contributed by atoms with Gasteiger partial charge in [-0.15, -0.1) is 0 Å². The number of hydrogen-bond acceptors (Lipinski definition) is 3. The van der Waals surface area contributed by atoms with Crippen LogP contribution in [0, 0.1) is 5.41 Å². The SMILES string of the molecule is CCCC(C)(C=O)CN1CCCOc2ccccc21. The van der Waals surface area contributed by atoms with Gasteiger partial charge in [-0.05, 0) is 25.0 Å². The van der Waals surface area contributed by atoms with Crippen LogP contribution in [0.4, 0.5) is 5.69 Å². The van der Waals surface area contributed by atoms with Gasteiger partial charge in [-0.3, -0.25) is 0 Å². The van der Waals surface area contributed by atoms with Crippen molar-refractivity contribution in [2.75, 3.05) is 24.6 Å². The topological polar surface area (TPSA) is 29.5 Å². The summed E-state index contributed by atoms with van der Waals surface area (Å²) in [6.45, 7) is 6.65. The molecule has 0 spiro atoms. The van der Waals surface area contributed by atoms with Crippen LogP contribution in [0.5, 0.6) is 5.75 Å². The zero-order valence-corrected chi connectivity index (χ0v) is 11.9. The van der Waals surface area contributed by atoms with E-state index in [0.29, 0.717) is 0 Å². The van der Waals surface area contributed by atoms with Crippen LogP contribution in [0.3, 0.4) is 0 Å². The lowest BCUT2D eigenvalue weighted by Crippen LogP contribution is -2.37. The van der Waals surface area contributed by atoms with Gasteiger partial charge in [0.05, 0.1) is 12.3 Å². The quantitative estimate of drug-likeness (QED) is 0.762. The van der Waals surface area contributed by atoms with E-state index >= 15 is 0 Å². The van der Waals surface area contributed by atoms with E-state index in [2.05, 4.69) is 24.8 Å². The molecule has 0 saturated carbocycles. The zero-order valence-electron chi connectivity index (χ0n) is 11.9. The van der Waals surface area contributed by atoms with Gasteiger partial charge in [-0.25, -0.2) is 0 Å². The standard InChI is InChI=1S/C16H23NO2/c1-3-9-16(2,13-18)12-17-10-6-11-19-15-8-5-4-7-14(15)17/h4-5,7-8,13H,3,6,9-12H2,1-2H3. The van der Waals surface area contributed by atoms with Gasteiger partial charge < -0.3 is 14.4 Å². The van der Waals surface area contributed by atoms with Crippen molar-refractivity contribution < 1.29 is 9.53 Å². The molecular formula is C16H23NO2. The molecule has 1 aromatic carbocycles. The lowest BCUT2D eigenvalue weighted by molar-refractivity contribution is -0.115. The summed E-state index contributed by atoms with van der Waals surface area (Å²) in [7, 11) is 0. The Kier molecular flexibility index (Phi) is 4.46. The number of carbonyl (C=O) groups is 1. The highest BCUT2D eigenvalue weighted by Crippen LogP contribution is 2.33. The van der Waals surface area contributed by atoms with Crippen LogP contribution >= 0.6 is 0 Å². The third kappa shape index (κ3) is 3.28. The molecule has 2 rings (SSSR count). The van der Waals surface area contributed by atoms with Crippen molar-refractivity contribution in [3.63, 3.8) is 0 Å². The van der Waals surface area contributed by atoms with Gasteiger partial charge in [0.2, 0.25) is 0 Å². The molecule has 1 heterocycles. The van der Waals surface area contributed by atoms with Crippen molar-refractivity contribution in [2.45, 2.75) is 33.1 Å². The van der Waals surface area contributed by atoms with Gasteiger partial charge in [0.15, 0.2) is 0 Å². The number of benzene rings is 1. The Bertz CT molecular complexity index is 433. The minimum Gasteiger partial charge on any atom is -0.491 e. The maximum atomic E-state index is 11.4. The summed E-state index contributed by atoms with van der Waals surface area (Å²) in [5, 5.41) is 0. The lowest BCUT2D eigenvalue weighted by Gasteiger charge is -2.32. The van der Waals surface area contributed by atoms with Crippen molar-refractivity contribution in [2.24, 2.45) is 5.41 Å². The van der Waals surface area contributed by atoms with Crippen LogP contribution in [-0.4, -0.2) is 26.0 Å². The maximum Gasteiger partial charge on any atom is 0.142 e. The first-order valence-electron chi connectivity index (χ1n) is 7.11. The monoisotopic (exact) mass is 261 g/mol. The van der Waals surface area contributed by atoms with Gasteiger partial charge >= 0.3 is 0 Å². The van der Waals surface area contributed by atoms with Crippen molar-refractivity contribution in [1.29, 1.82) is 0 Å². The number of hydrogen-bond donors (Lipinski definition) is 0. The summed E-state index contributed by atoms with van der Waals surface area (Å²) in [5.74, 6) is 0.935. The van der Waals surface area contributed by atoms with Crippen molar-refractivity contribution in [3.05, 3.63) is 24.3 Å². The summed E-state index contributed by atoms with van der Waals surface area (Å²) >= 11 is 0. The predicted molar refractivity (Wildman–Crippen MR) is 77.8 cm³/mol. The third-order valence-electron chi connectivity index (χ3n) is 3.69. The Labute approximate surface area is 115 Å². The molecule has 0 saturated heterocycles. The number of rotatable bonds is 5. The molecule has 0 fully saturated rings. The molecule has 3 nitrogen and oxygen atoms in total. The first-order chi connectivity index (χ1) is 9.18. The second kappa shape index (κ2) is 6.09. The molecule has 1 aliphatic heterocycles. The largest absolute Gasteiger partial charge is 0.491 e. The molecule has 3 heteroatoms. The van der Waals surface area contributed by atoms with Crippen molar-refractivity contribution in [3.8, 4) is 5.75 Å². The molecule has 19 heavy (non-hydrogen) atoms. The molecular weight excluding hydrogens is 238 g/mol. The van der Waals surface area contributed by atoms with Crippen LogP contribution in [0.15, 0.2) is 24.3 Å². The molecule has 0 bridgehead atoms. The molecule has 104 valence electrons. The molecule has 1 aromatic rings. The first kappa shape index (κ1) is 13.9. The number of fused-ring (bicyclic) bond motifs is 1. The molecule has 1 atom stereocenters. The summed E-state index contributed by atoms with van der Waals surface area (Å²) in [6.07, 6.45) is 4.07. The molecule has 0 aliphatic carbocycles. The van der Waals surface area contributed by atoms with E-state index in [0.717, 1.165) is 56.7 Å². The Morgan fingerprint density at radius 2 is 2.21 bits per heavy atom. The highest BCUT2D eigenvalue weighted by atomic mass is 16.5. The molecule has 1 unspecified atom stereocenters. The average Bonchev–Trinajstić information content (AvgIpc) is 2.62. The minimum atomic E-state index is -0.272. The zero-order chi connectivity index (χ0) is 13.7. The Balaban J connectivity index is 2.22. The Morgan fingerprint density at radius 1 is 1.42 bits per heavy atom. The van der Waals surface area contributed by atoms with E-state index in [4.69, 9.17) is 4.74 Å². The Morgan fingerprint density at radius 3 is 2.95 bits per heavy atom. The van der Waals surface area contributed by atoms with Crippen LogP contribution in [0.2, 0.25) is 0 Å². The van der Waals surface area contributed by atoms with Crippen molar-refractivity contribution >= 4 is 12.0 Å². The summed E-state index contributed by atoms with van der Waals surface area (Å²) in [6, 6.07) is 8.11. The highest BCUT2D eigenvalue weighted by molar-refractivity contribution is 5.64. The van der Waals surface area contributed by atoms with Gasteiger partial charge in [0.25, 0.3) is 0 Å². The number of carbonyl (C=O) groups excluding carboxylic acids is 1. The van der Waals surface area contributed by atoms with E-state index in [1.807, 2.05) is 18.2 Å². The number of para-hydroxylation sites is 2. The van der Waals surface area contributed by atoms with Gasteiger partial charge in [-0.2, -0.15) is 0 Å². The van der Waals surface area contributed by atoms with Crippen LogP contribution in [0.25, 0.3) is 0 Å². The molecule has 1 aliphatic rings. The molecule has 0 aromatic heterocycles. The second-order valence-electron chi connectivity index (χ2n) is 5.61. The number of anilines is 1. The summed E-state index contributed by atoms with van der Waals surface area (Å²) < 4.78 is 5.76. The maximum absolute atomic E-state index is 11.4. The number of nitrogens with zero attached hydrogens (tertiary/aromatic N) is 1.